The topological polar surface area (TPSA) is 69.0 Å². The van der Waals surface area contributed by atoms with Crippen molar-refractivity contribution < 1.29 is 4.74 Å². The van der Waals surface area contributed by atoms with Crippen molar-refractivity contribution in [3.63, 3.8) is 0 Å². The first kappa shape index (κ1) is 19.5. The van der Waals surface area contributed by atoms with Gasteiger partial charge in [-0.25, -0.2) is 4.68 Å². The molecule has 0 bridgehead atoms. The summed E-state index contributed by atoms with van der Waals surface area (Å²) < 4.78 is 8.03. The number of hydrogen-bond acceptors (Lipinski definition) is 3. The molecule has 0 amide bonds. The Bertz CT molecular complexity index is 1320. The number of halogens is 2. The summed E-state index contributed by atoms with van der Waals surface area (Å²) in [5.41, 5.74) is 1.51. The van der Waals surface area contributed by atoms with Gasteiger partial charge in [0.1, 0.15) is 0 Å². The number of pyridine rings is 1. The quantitative estimate of drug-likeness (QED) is 0.519. The van der Waals surface area contributed by atoms with Crippen LogP contribution in [-0.2, 0) is 11.3 Å². The number of hydrogen-bond donors (Lipinski definition) is 1. The zero-order valence-electron chi connectivity index (χ0n) is 15.5. The lowest BCUT2D eigenvalue weighted by molar-refractivity contribution is 0.187. The van der Waals surface area contributed by atoms with Gasteiger partial charge >= 0.3 is 0 Å². The van der Waals surface area contributed by atoms with Gasteiger partial charge in [0.05, 0.1) is 33.9 Å². The maximum absolute atomic E-state index is 13.4. The average molecular weight is 430 g/mol. The lowest BCUT2D eigenvalue weighted by Crippen LogP contribution is -2.24. The number of ether oxygens (including phenoxy) is 1. The van der Waals surface area contributed by atoms with Crippen LogP contribution in [0.3, 0.4) is 0 Å². The SMILES string of the molecule is COCCn1c(-c2cccc(Cl)c2)c2c(=O)n(-c3ccccc3Cl)[nH]c2cc1=O. The Hall–Kier alpha value is -2.80. The predicted octanol–water partition coefficient (Wildman–Crippen LogP) is 4.10. The third-order valence-electron chi connectivity index (χ3n) is 4.67. The highest BCUT2D eigenvalue weighted by molar-refractivity contribution is 6.32. The van der Waals surface area contributed by atoms with Gasteiger partial charge in [0.15, 0.2) is 0 Å². The van der Waals surface area contributed by atoms with Gasteiger partial charge in [0.25, 0.3) is 11.1 Å². The first-order valence-electron chi connectivity index (χ1n) is 8.89. The van der Waals surface area contributed by atoms with Gasteiger partial charge in [-0.1, -0.05) is 47.5 Å². The van der Waals surface area contributed by atoms with Crippen LogP contribution in [0.2, 0.25) is 10.0 Å². The first-order chi connectivity index (χ1) is 14.0. The fourth-order valence-corrected chi connectivity index (χ4v) is 3.79. The summed E-state index contributed by atoms with van der Waals surface area (Å²) in [5, 5.41) is 4.31. The van der Waals surface area contributed by atoms with E-state index >= 15 is 0 Å². The maximum atomic E-state index is 13.4. The Balaban J connectivity index is 2.10. The number of nitrogens with one attached hydrogen (secondary N) is 1. The van der Waals surface area contributed by atoms with Gasteiger partial charge < -0.3 is 9.30 Å². The van der Waals surface area contributed by atoms with E-state index in [1.807, 2.05) is 6.07 Å². The molecule has 2 heterocycles. The zero-order chi connectivity index (χ0) is 20.5. The highest BCUT2D eigenvalue weighted by Crippen LogP contribution is 2.28. The number of para-hydroxylation sites is 1. The van der Waals surface area contributed by atoms with Crippen LogP contribution in [0.1, 0.15) is 0 Å². The molecule has 29 heavy (non-hydrogen) atoms. The van der Waals surface area contributed by atoms with Gasteiger partial charge in [-0.2, -0.15) is 0 Å². The molecule has 0 saturated carbocycles. The number of rotatable bonds is 5. The molecule has 0 saturated heterocycles. The number of fused-ring (bicyclic) bond motifs is 1. The van der Waals surface area contributed by atoms with Gasteiger partial charge in [0, 0.05) is 30.3 Å². The molecule has 0 aliphatic heterocycles. The van der Waals surface area contributed by atoms with Crippen molar-refractivity contribution in [2.45, 2.75) is 6.54 Å². The van der Waals surface area contributed by atoms with Crippen molar-refractivity contribution in [3.8, 4) is 16.9 Å². The van der Waals surface area contributed by atoms with Crippen molar-refractivity contribution >= 4 is 34.1 Å². The molecule has 0 spiro atoms. The largest absolute Gasteiger partial charge is 0.383 e. The number of benzene rings is 2. The summed E-state index contributed by atoms with van der Waals surface area (Å²) in [7, 11) is 1.56. The van der Waals surface area contributed by atoms with Crippen LogP contribution >= 0.6 is 23.2 Å². The minimum absolute atomic E-state index is 0.253. The summed E-state index contributed by atoms with van der Waals surface area (Å²) in [6, 6.07) is 15.5. The molecular formula is C21H17Cl2N3O3. The third kappa shape index (κ3) is 3.51. The number of H-pyrrole nitrogens is 1. The van der Waals surface area contributed by atoms with Crippen molar-refractivity contribution in [2.75, 3.05) is 13.7 Å². The van der Waals surface area contributed by atoms with E-state index in [0.29, 0.717) is 51.0 Å². The number of aromatic amines is 1. The van der Waals surface area contributed by atoms with Gasteiger partial charge in [0.2, 0.25) is 0 Å². The molecule has 148 valence electrons. The van der Waals surface area contributed by atoms with Crippen LogP contribution in [0, 0.1) is 0 Å². The average Bonchev–Trinajstić information content (AvgIpc) is 3.02. The van der Waals surface area contributed by atoms with Crippen molar-refractivity contribution in [3.05, 3.63) is 85.4 Å². The van der Waals surface area contributed by atoms with Crippen LogP contribution in [0.4, 0.5) is 0 Å². The minimum Gasteiger partial charge on any atom is -0.383 e. The Morgan fingerprint density at radius 2 is 1.83 bits per heavy atom. The highest BCUT2D eigenvalue weighted by Gasteiger charge is 2.20. The highest BCUT2D eigenvalue weighted by atomic mass is 35.5. The number of methoxy groups -OCH3 is 1. The summed E-state index contributed by atoms with van der Waals surface area (Å²) in [4.78, 5) is 26.3. The molecule has 0 radical (unpaired) electrons. The molecule has 0 unspecified atom stereocenters. The second-order valence-electron chi connectivity index (χ2n) is 6.48. The van der Waals surface area contributed by atoms with E-state index < -0.39 is 0 Å². The second-order valence-corrected chi connectivity index (χ2v) is 7.32. The van der Waals surface area contributed by atoms with Crippen molar-refractivity contribution in [2.24, 2.45) is 0 Å². The summed E-state index contributed by atoms with van der Waals surface area (Å²) in [6.07, 6.45) is 0. The second kappa shape index (κ2) is 7.91. The van der Waals surface area contributed by atoms with Crippen LogP contribution in [0.15, 0.2) is 64.2 Å². The van der Waals surface area contributed by atoms with Gasteiger partial charge in [-0.15, -0.1) is 0 Å². The smallest absolute Gasteiger partial charge is 0.281 e. The normalized spacial score (nSPS) is 11.3. The Morgan fingerprint density at radius 3 is 2.55 bits per heavy atom. The molecule has 8 heteroatoms. The van der Waals surface area contributed by atoms with Crippen LogP contribution in [0.5, 0.6) is 0 Å². The van der Waals surface area contributed by atoms with E-state index in [0.717, 1.165) is 0 Å². The molecule has 0 aliphatic rings. The fraction of sp³-hybridized carbons (Fsp3) is 0.143. The molecule has 0 fully saturated rings. The Kier molecular flexibility index (Phi) is 5.32. The lowest BCUT2D eigenvalue weighted by Gasteiger charge is -2.13. The molecule has 2 aromatic heterocycles. The van der Waals surface area contributed by atoms with E-state index in [2.05, 4.69) is 5.10 Å². The summed E-state index contributed by atoms with van der Waals surface area (Å²) in [6.45, 7) is 0.617. The predicted molar refractivity (Wildman–Crippen MR) is 115 cm³/mol. The zero-order valence-corrected chi connectivity index (χ0v) is 17.0. The standard InChI is InChI=1S/C21H17Cl2N3O3/c1-29-10-9-25-18(27)12-16-19(20(25)13-5-4-6-14(22)11-13)21(28)26(24-16)17-8-3-2-7-15(17)23/h2-8,11-12,24H,9-10H2,1H3. The van der Waals surface area contributed by atoms with Crippen LogP contribution in [-0.4, -0.2) is 28.1 Å². The number of nitrogens with zero attached hydrogens (tertiary/aromatic N) is 2. The van der Waals surface area contributed by atoms with Gasteiger partial charge in [-0.05, 0) is 24.3 Å². The Morgan fingerprint density at radius 1 is 1.03 bits per heavy atom. The van der Waals surface area contributed by atoms with Crippen LogP contribution < -0.4 is 11.1 Å². The summed E-state index contributed by atoms with van der Waals surface area (Å²) in [5.74, 6) is 0. The Labute approximate surface area is 175 Å². The van der Waals surface area contributed by atoms with Crippen molar-refractivity contribution in [1.29, 1.82) is 0 Å². The van der Waals surface area contributed by atoms with E-state index in [9.17, 15) is 9.59 Å². The van der Waals surface area contributed by atoms with Gasteiger partial charge in [-0.3, -0.25) is 14.7 Å². The maximum Gasteiger partial charge on any atom is 0.281 e. The van der Waals surface area contributed by atoms with E-state index in [-0.39, 0.29) is 11.1 Å². The third-order valence-corrected chi connectivity index (χ3v) is 5.22. The van der Waals surface area contributed by atoms with E-state index in [4.69, 9.17) is 27.9 Å². The number of aromatic nitrogens is 3. The molecular weight excluding hydrogens is 413 g/mol. The molecule has 0 aliphatic carbocycles. The molecule has 2 aromatic carbocycles. The monoisotopic (exact) mass is 429 g/mol. The van der Waals surface area contributed by atoms with E-state index in [1.165, 1.54) is 15.3 Å². The summed E-state index contributed by atoms with van der Waals surface area (Å²) >= 11 is 12.5. The minimum atomic E-state index is -0.311. The van der Waals surface area contributed by atoms with Crippen molar-refractivity contribution in [1.82, 2.24) is 14.3 Å². The van der Waals surface area contributed by atoms with E-state index in [1.54, 1.807) is 49.6 Å². The molecule has 6 nitrogen and oxygen atoms in total. The molecule has 4 aromatic rings. The first-order valence-corrected chi connectivity index (χ1v) is 9.65. The molecule has 0 atom stereocenters. The fourth-order valence-electron chi connectivity index (χ4n) is 3.38. The molecule has 1 N–H and O–H groups in total. The molecule has 4 rings (SSSR count). The van der Waals surface area contributed by atoms with Crippen LogP contribution in [0.25, 0.3) is 27.8 Å². The lowest BCUT2D eigenvalue weighted by atomic mass is 10.1.